The predicted octanol–water partition coefficient (Wildman–Crippen LogP) is 2.09. The molecule has 2 heterocycles. The molecule has 2 aromatic rings. The van der Waals surface area contributed by atoms with Crippen LogP contribution < -0.4 is 5.56 Å². The van der Waals surface area contributed by atoms with Gasteiger partial charge in [0, 0.05) is 6.20 Å². The molecule has 11 heteroatoms. The quantitative estimate of drug-likeness (QED) is 0.459. The molecule has 0 atom stereocenters. The second kappa shape index (κ2) is 8.21. The number of pyridine rings is 1. The van der Waals surface area contributed by atoms with Crippen molar-refractivity contribution in [2.75, 3.05) is 12.4 Å². The molecule has 2 aromatic heterocycles. The standard InChI is InChI=1S/C15H14F3N3O4S/c1-2-10-12(23)20-14(26-7-11(22)25-8-15(16,17)18)21(13(10)24)9-4-3-5-19-6-9/h3-6,23H,2,7-8H2,1H3. The van der Waals surface area contributed by atoms with E-state index in [-0.39, 0.29) is 17.1 Å². The Morgan fingerprint density at radius 2 is 2.15 bits per heavy atom. The third-order valence-electron chi connectivity index (χ3n) is 3.10. The molecule has 26 heavy (non-hydrogen) atoms. The summed E-state index contributed by atoms with van der Waals surface area (Å²) in [5.74, 6) is -2.14. The fourth-order valence-electron chi connectivity index (χ4n) is 1.97. The van der Waals surface area contributed by atoms with Crippen LogP contribution in [0.1, 0.15) is 12.5 Å². The highest BCUT2D eigenvalue weighted by atomic mass is 32.2. The first-order valence-electron chi connectivity index (χ1n) is 7.33. The number of alkyl halides is 3. The lowest BCUT2D eigenvalue weighted by molar-refractivity contribution is -0.184. The third kappa shape index (κ3) is 4.97. The maximum atomic E-state index is 12.6. The van der Waals surface area contributed by atoms with E-state index in [9.17, 15) is 27.9 Å². The number of halogens is 3. The fourth-order valence-corrected chi connectivity index (χ4v) is 2.77. The number of esters is 1. The van der Waals surface area contributed by atoms with Crippen molar-refractivity contribution in [3.63, 3.8) is 0 Å². The van der Waals surface area contributed by atoms with Crippen LogP contribution in [0.5, 0.6) is 5.88 Å². The van der Waals surface area contributed by atoms with Gasteiger partial charge in [0.1, 0.15) is 0 Å². The van der Waals surface area contributed by atoms with Gasteiger partial charge in [0.05, 0.1) is 23.2 Å². The molecule has 0 bridgehead atoms. The van der Waals surface area contributed by atoms with Gasteiger partial charge in [-0.05, 0) is 18.6 Å². The first kappa shape index (κ1) is 19.8. The number of carbonyl (C=O) groups is 1. The first-order chi connectivity index (χ1) is 12.2. The molecule has 0 saturated carbocycles. The van der Waals surface area contributed by atoms with Crippen molar-refractivity contribution >= 4 is 17.7 Å². The SMILES string of the molecule is CCc1c(O)nc(SCC(=O)OCC(F)(F)F)n(-c2cccnc2)c1=O. The van der Waals surface area contributed by atoms with Gasteiger partial charge in [0.2, 0.25) is 5.88 Å². The van der Waals surface area contributed by atoms with Crippen LogP contribution in [0.25, 0.3) is 5.69 Å². The number of aromatic hydroxyl groups is 1. The minimum Gasteiger partial charge on any atom is -0.493 e. The molecule has 0 fully saturated rings. The Kier molecular flexibility index (Phi) is 6.24. The summed E-state index contributed by atoms with van der Waals surface area (Å²) in [6.07, 6.45) is -1.54. The van der Waals surface area contributed by atoms with E-state index in [1.54, 1.807) is 19.1 Å². The molecule has 0 aromatic carbocycles. The van der Waals surface area contributed by atoms with Crippen LogP contribution in [0.4, 0.5) is 13.2 Å². The monoisotopic (exact) mass is 389 g/mol. The van der Waals surface area contributed by atoms with Crippen LogP contribution in [-0.4, -0.2) is 44.1 Å². The third-order valence-corrected chi connectivity index (χ3v) is 4.01. The summed E-state index contributed by atoms with van der Waals surface area (Å²) in [6, 6.07) is 3.14. The Morgan fingerprint density at radius 1 is 1.42 bits per heavy atom. The zero-order chi connectivity index (χ0) is 19.3. The zero-order valence-electron chi connectivity index (χ0n) is 13.5. The van der Waals surface area contributed by atoms with Crippen molar-refractivity contribution in [3.8, 4) is 11.6 Å². The van der Waals surface area contributed by atoms with E-state index in [1.165, 1.54) is 12.4 Å². The highest BCUT2D eigenvalue weighted by Crippen LogP contribution is 2.23. The smallest absolute Gasteiger partial charge is 0.422 e. The summed E-state index contributed by atoms with van der Waals surface area (Å²) in [5, 5.41) is 9.83. The van der Waals surface area contributed by atoms with Gasteiger partial charge in [-0.2, -0.15) is 18.2 Å². The van der Waals surface area contributed by atoms with Crippen LogP contribution in [-0.2, 0) is 16.0 Å². The topological polar surface area (TPSA) is 94.3 Å². The zero-order valence-corrected chi connectivity index (χ0v) is 14.3. The molecule has 0 aliphatic heterocycles. The van der Waals surface area contributed by atoms with Gasteiger partial charge in [-0.25, -0.2) is 0 Å². The molecule has 0 radical (unpaired) electrons. The Hall–Kier alpha value is -2.56. The normalized spacial score (nSPS) is 11.4. The molecule has 0 aliphatic carbocycles. The van der Waals surface area contributed by atoms with E-state index < -0.39 is 35.9 Å². The van der Waals surface area contributed by atoms with Crippen molar-refractivity contribution in [2.24, 2.45) is 0 Å². The maximum absolute atomic E-state index is 12.6. The summed E-state index contributed by atoms with van der Waals surface area (Å²) in [5.41, 5.74) is -0.150. The molecule has 2 rings (SSSR count). The lowest BCUT2D eigenvalue weighted by atomic mass is 10.2. The Bertz CT molecular complexity index is 841. The van der Waals surface area contributed by atoms with Crippen molar-refractivity contribution in [1.82, 2.24) is 14.5 Å². The number of thioether (sulfide) groups is 1. The van der Waals surface area contributed by atoms with Crippen molar-refractivity contribution in [2.45, 2.75) is 24.7 Å². The molecule has 1 N–H and O–H groups in total. The van der Waals surface area contributed by atoms with E-state index in [0.29, 0.717) is 17.4 Å². The van der Waals surface area contributed by atoms with E-state index in [2.05, 4.69) is 14.7 Å². The molecule has 140 valence electrons. The summed E-state index contributed by atoms with van der Waals surface area (Å²) >= 11 is 0.670. The van der Waals surface area contributed by atoms with E-state index >= 15 is 0 Å². The number of nitrogens with zero attached hydrogens (tertiary/aromatic N) is 3. The molecular formula is C15H14F3N3O4S. The average Bonchev–Trinajstić information content (AvgIpc) is 2.58. The lowest BCUT2D eigenvalue weighted by Crippen LogP contribution is -2.26. The second-order valence-electron chi connectivity index (χ2n) is 4.97. The van der Waals surface area contributed by atoms with Gasteiger partial charge >= 0.3 is 12.1 Å². The van der Waals surface area contributed by atoms with Crippen LogP contribution in [0, 0.1) is 0 Å². The maximum Gasteiger partial charge on any atom is 0.422 e. The van der Waals surface area contributed by atoms with Crippen LogP contribution >= 0.6 is 11.8 Å². The highest BCUT2D eigenvalue weighted by molar-refractivity contribution is 7.99. The summed E-state index contributed by atoms with van der Waals surface area (Å²) < 4.78 is 41.5. The van der Waals surface area contributed by atoms with E-state index in [0.717, 1.165) is 4.57 Å². The number of carbonyl (C=O) groups excluding carboxylic acids is 1. The van der Waals surface area contributed by atoms with Gasteiger partial charge < -0.3 is 9.84 Å². The van der Waals surface area contributed by atoms with Crippen molar-refractivity contribution < 1.29 is 27.8 Å². The molecule has 0 amide bonds. The van der Waals surface area contributed by atoms with Crippen molar-refractivity contribution in [1.29, 1.82) is 0 Å². The Morgan fingerprint density at radius 3 is 2.73 bits per heavy atom. The first-order valence-corrected chi connectivity index (χ1v) is 8.32. The minimum absolute atomic E-state index is 0.0675. The highest BCUT2D eigenvalue weighted by Gasteiger charge is 2.29. The molecule has 0 aliphatic rings. The second-order valence-corrected chi connectivity index (χ2v) is 5.91. The van der Waals surface area contributed by atoms with E-state index in [1.807, 2.05) is 0 Å². The minimum atomic E-state index is -4.63. The molecule has 0 unspecified atom stereocenters. The number of aromatic nitrogens is 3. The fraction of sp³-hybridized carbons (Fsp3) is 0.333. The predicted molar refractivity (Wildman–Crippen MR) is 86.4 cm³/mol. The summed E-state index contributed by atoms with van der Waals surface area (Å²) in [4.78, 5) is 31.9. The molecular weight excluding hydrogens is 375 g/mol. The lowest BCUT2D eigenvalue weighted by Gasteiger charge is -2.13. The summed E-state index contributed by atoms with van der Waals surface area (Å²) in [6.45, 7) is -0.0394. The Labute approximate surface area is 149 Å². The van der Waals surface area contributed by atoms with E-state index in [4.69, 9.17) is 0 Å². The van der Waals surface area contributed by atoms with Crippen LogP contribution in [0.15, 0.2) is 34.5 Å². The summed E-state index contributed by atoms with van der Waals surface area (Å²) in [7, 11) is 0. The number of rotatable bonds is 6. The molecule has 0 saturated heterocycles. The molecule has 0 spiro atoms. The number of ether oxygens (including phenoxy) is 1. The van der Waals surface area contributed by atoms with Gasteiger partial charge in [-0.3, -0.25) is 19.1 Å². The van der Waals surface area contributed by atoms with Crippen LogP contribution in [0.3, 0.4) is 0 Å². The van der Waals surface area contributed by atoms with Crippen LogP contribution in [0.2, 0.25) is 0 Å². The number of hydrogen-bond donors (Lipinski definition) is 1. The van der Waals surface area contributed by atoms with Gasteiger partial charge in [0.15, 0.2) is 11.8 Å². The van der Waals surface area contributed by atoms with Gasteiger partial charge in [0.25, 0.3) is 5.56 Å². The number of hydrogen-bond acceptors (Lipinski definition) is 7. The Balaban J connectivity index is 2.30. The average molecular weight is 389 g/mol. The van der Waals surface area contributed by atoms with Gasteiger partial charge in [-0.15, -0.1) is 0 Å². The largest absolute Gasteiger partial charge is 0.493 e. The van der Waals surface area contributed by atoms with Crippen molar-refractivity contribution in [3.05, 3.63) is 40.4 Å². The molecule has 7 nitrogen and oxygen atoms in total. The van der Waals surface area contributed by atoms with Gasteiger partial charge in [-0.1, -0.05) is 18.7 Å².